The van der Waals surface area contributed by atoms with E-state index in [1.165, 1.54) is 0 Å². The second-order valence-electron chi connectivity index (χ2n) is 6.83. The summed E-state index contributed by atoms with van der Waals surface area (Å²) in [6.45, 7) is 6.55. The van der Waals surface area contributed by atoms with Crippen molar-refractivity contribution in [3.05, 3.63) is 52.5 Å². The van der Waals surface area contributed by atoms with Gasteiger partial charge in [-0.2, -0.15) is 11.3 Å². The fourth-order valence-electron chi connectivity index (χ4n) is 3.35. The van der Waals surface area contributed by atoms with E-state index in [9.17, 15) is 4.79 Å². The van der Waals surface area contributed by atoms with Crippen LogP contribution in [0.3, 0.4) is 0 Å². The predicted molar refractivity (Wildman–Crippen MR) is 118 cm³/mol. The molecule has 8 heteroatoms. The van der Waals surface area contributed by atoms with Crippen molar-refractivity contribution in [1.29, 1.82) is 0 Å². The van der Waals surface area contributed by atoms with E-state index in [2.05, 4.69) is 40.3 Å². The van der Waals surface area contributed by atoms with Crippen LogP contribution >= 0.6 is 11.3 Å². The highest BCUT2D eigenvalue weighted by atomic mass is 32.1. The standard InChI is InChI=1S/C22H28N4O3S/c1-4-26(5-2)19(16-7-6-8-18(13-16)28-3)14-23-20(27)9-10-21-24-25-22(29-21)17-11-12-30-15-17/h6-8,11-13,15,19H,4-5,9-10,14H2,1-3H3,(H,23,27). The molecule has 7 nitrogen and oxygen atoms in total. The van der Waals surface area contributed by atoms with Crippen LogP contribution in [0.5, 0.6) is 5.75 Å². The molecule has 1 amide bonds. The van der Waals surface area contributed by atoms with Crippen molar-refractivity contribution in [2.75, 3.05) is 26.7 Å². The van der Waals surface area contributed by atoms with E-state index in [0.29, 0.717) is 31.2 Å². The van der Waals surface area contributed by atoms with Gasteiger partial charge in [0.25, 0.3) is 0 Å². The number of likely N-dealkylation sites (N-methyl/N-ethyl adjacent to an activating group) is 1. The summed E-state index contributed by atoms with van der Waals surface area (Å²) >= 11 is 1.57. The number of rotatable bonds is 11. The molecule has 1 aromatic carbocycles. The van der Waals surface area contributed by atoms with Crippen LogP contribution in [0.15, 0.2) is 45.5 Å². The van der Waals surface area contributed by atoms with Crippen LogP contribution in [0.2, 0.25) is 0 Å². The molecule has 0 aliphatic carbocycles. The van der Waals surface area contributed by atoms with E-state index in [4.69, 9.17) is 9.15 Å². The molecular weight excluding hydrogens is 400 g/mol. The van der Waals surface area contributed by atoms with Gasteiger partial charge in [0.15, 0.2) is 0 Å². The number of hydrogen-bond acceptors (Lipinski definition) is 7. The maximum Gasteiger partial charge on any atom is 0.248 e. The van der Waals surface area contributed by atoms with Gasteiger partial charge >= 0.3 is 0 Å². The van der Waals surface area contributed by atoms with Gasteiger partial charge in [-0.25, -0.2) is 0 Å². The Hall–Kier alpha value is -2.71. The average molecular weight is 429 g/mol. The van der Waals surface area contributed by atoms with Crippen molar-refractivity contribution in [3.63, 3.8) is 0 Å². The smallest absolute Gasteiger partial charge is 0.248 e. The Morgan fingerprint density at radius 2 is 2.10 bits per heavy atom. The minimum atomic E-state index is -0.0367. The lowest BCUT2D eigenvalue weighted by Gasteiger charge is -2.30. The number of aryl methyl sites for hydroxylation is 1. The Balaban J connectivity index is 1.57. The molecule has 0 aliphatic heterocycles. The molecule has 0 saturated heterocycles. The summed E-state index contributed by atoms with van der Waals surface area (Å²) in [5, 5.41) is 15.1. The molecule has 1 atom stereocenters. The molecule has 2 heterocycles. The molecule has 0 spiro atoms. The zero-order valence-corrected chi connectivity index (χ0v) is 18.4. The Bertz CT molecular complexity index is 922. The van der Waals surface area contributed by atoms with Crippen LogP contribution in [0.25, 0.3) is 11.5 Å². The van der Waals surface area contributed by atoms with Crippen molar-refractivity contribution in [3.8, 4) is 17.2 Å². The highest BCUT2D eigenvalue weighted by Crippen LogP contribution is 2.24. The lowest BCUT2D eigenvalue weighted by molar-refractivity contribution is -0.121. The molecule has 2 aromatic heterocycles. The number of benzene rings is 1. The number of carbonyl (C=O) groups excluding carboxylic acids is 1. The summed E-state index contributed by atoms with van der Waals surface area (Å²) in [7, 11) is 1.66. The van der Waals surface area contributed by atoms with Crippen molar-refractivity contribution in [1.82, 2.24) is 20.4 Å². The van der Waals surface area contributed by atoms with E-state index in [1.54, 1.807) is 18.4 Å². The summed E-state index contributed by atoms with van der Waals surface area (Å²) in [5.74, 6) is 1.74. The normalized spacial score (nSPS) is 12.1. The fraction of sp³-hybridized carbons (Fsp3) is 0.409. The van der Waals surface area contributed by atoms with Gasteiger partial charge in [0.1, 0.15) is 5.75 Å². The van der Waals surface area contributed by atoms with Crippen LogP contribution in [-0.2, 0) is 11.2 Å². The lowest BCUT2D eigenvalue weighted by atomic mass is 10.0. The van der Waals surface area contributed by atoms with E-state index in [-0.39, 0.29) is 11.9 Å². The Morgan fingerprint density at radius 1 is 1.27 bits per heavy atom. The van der Waals surface area contributed by atoms with Crippen molar-refractivity contribution >= 4 is 17.2 Å². The van der Waals surface area contributed by atoms with Crippen LogP contribution in [0.4, 0.5) is 0 Å². The first-order chi connectivity index (χ1) is 14.6. The summed E-state index contributed by atoms with van der Waals surface area (Å²) in [6, 6.07) is 10.0. The van der Waals surface area contributed by atoms with Gasteiger partial charge in [0.05, 0.1) is 13.2 Å². The molecule has 0 saturated carbocycles. The summed E-state index contributed by atoms with van der Waals surface area (Å²) in [5.41, 5.74) is 2.03. The fourth-order valence-corrected chi connectivity index (χ4v) is 3.98. The molecule has 0 radical (unpaired) electrons. The van der Waals surface area contributed by atoms with Gasteiger partial charge in [0, 0.05) is 30.3 Å². The van der Waals surface area contributed by atoms with E-state index in [0.717, 1.165) is 30.0 Å². The third-order valence-electron chi connectivity index (χ3n) is 5.03. The maximum atomic E-state index is 12.5. The highest BCUT2D eigenvalue weighted by Gasteiger charge is 2.20. The summed E-state index contributed by atoms with van der Waals surface area (Å²) < 4.78 is 11.0. The zero-order chi connectivity index (χ0) is 21.3. The molecule has 3 aromatic rings. The van der Waals surface area contributed by atoms with Crippen LogP contribution in [0.1, 0.15) is 37.8 Å². The number of nitrogens with zero attached hydrogens (tertiary/aromatic N) is 3. The number of ether oxygens (including phenoxy) is 1. The van der Waals surface area contributed by atoms with E-state index >= 15 is 0 Å². The number of amides is 1. The molecule has 0 aliphatic rings. The Kier molecular flexibility index (Phi) is 7.98. The molecule has 1 N–H and O–H groups in total. The molecule has 1 unspecified atom stereocenters. The van der Waals surface area contributed by atoms with Gasteiger partial charge in [-0.3, -0.25) is 9.69 Å². The van der Waals surface area contributed by atoms with Crippen LogP contribution in [-0.4, -0.2) is 47.7 Å². The molecule has 0 bridgehead atoms. The second kappa shape index (κ2) is 10.9. The first-order valence-electron chi connectivity index (χ1n) is 10.1. The second-order valence-corrected chi connectivity index (χ2v) is 7.61. The third-order valence-corrected chi connectivity index (χ3v) is 5.71. The number of thiophene rings is 1. The Morgan fingerprint density at radius 3 is 2.80 bits per heavy atom. The van der Waals surface area contributed by atoms with Gasteiger partial charge in [-0.15, -0.1) is 10.2 Å². The first-order valence-corrected chi connectivity index (χ1v) is 11.1. The molecular formula is C22H28N4O3S. The first kappa shape index (κ1) is 22.0. The van der Waals surface area contributed by atoms with Crippen LogP contribution < -0.4 is 10.1 Å². The minimum absolute atomic E-state index is 0.0367. The topological polar surface area (TPSA) is 80.5 Å². The monoisotopic (exact) mass is 428 g/mol. The number of carbonyl (C=O) groups is 1. The van der Waals surface area contributed by atoms with E-state index in [1.807, 2.05) is 35.0 Å². The van der Waals surface area contributed by atoms with Crippen LogP contribution in [0, 0.1) is 0 Å². The van der Waals surface area contributed by atoms with Crippen molar-refractivity contribution in [2.24, 2.45) is 0 Å². The largest absolute Gasteiger partial charge is 0.497 e. The molecule has 3 rings (SSSR count). The average Bonchev–Trinajstić information content (AvgIpc) is 3.47. The number of nitrogens with one attached hydrogen (secondary N) is 1. The van der Waals surface area contributed by atoms with Crippen molar-refractivity contribution < 1.29 is 13.9 Å². The minimum Gasteiger partial charge on any atom is -0.497 e. The lowest BCUT2D eigenvalue weighted by Crippen LogP contribution is -2.38. The summed E-state index contributed by atoms with van der Waals surface area (Å²) in [6.07, 6.45) is 0.715. The number of aromatic nitrogens is 2. The highest BCUT2D eigenvalue weighted by molar-refractivity contribution is 7.08. The third kappa shape index (κ3) is 5.67. The summed E-state index contributed by atoms with van der Waals surface area (Å²) in [4.78, 5) is 14.8. The molecule has 160 valence electrons. The number of hydrogen-bond donors (Lipinski definition) is 1. The van der Waals surface area contributed by atoms with Gasteiger partial charge in [0.2, 0.25) is 17.7 Å². The van der Waals surface area contributed by atoms with Gasteiger partial charge < -0.3 is 14.5 Å². The molecule has 30 heavy (non-hydrogen) atoms. The molecule has 0 fully saturated rings. The zero-order valence-electron chi connectivity index (χ0n) is 17.6. The van der Waals surface area contributed by atoms with Gasteiger partial charge in [-0.1, -0.05) is 26.0 Å². The quantitative estimate of drug-likeness (QED) is 0.498. The Labute approximate surface area is 181 Å². The number of methoxy groups -OCH3 is 1. The van der Waals surface area contributed by atoms with Crippen molar-refractivity contribution in [2.45, 2.75) is 32.7 Å². The predicted octanol–water partition coefficient (Wildman–Crippen LogP) is 3.94. The SMILES string of the molecule is CCN(CC)C(CNC(=O)CCc1nnc(-c2ccsc2)o1)c1cccc(OC)c1. The maximum absolute atomic E-state index is 12.5. The van der Waals surface area contributed by atoms with Gasteiger partial charge in [-0.05, 0) is 42.2 Å². The van der Waals surface area contributed by atoms with E-state index < -0.39 is 0 Å².